The lowest BCUT2D eigenvalue weighted by molar-refractivity contribution is -0.281. The van der Waals surface area contributed by atoms with Gasteiger partial charge in [0.1, 0.15) is 12.1 Å². The second-order valence-electron chi connectivity index (χ2n) is 23.5. The van der Waals surface area contributed by atoms with Crippen molar-refractivity contribution in [3.05, 3.63) is 12.2 Å². The van der Waals surface area contributed by atoms with Gasteiger partial charge in [0.05, 0.1) is 17.3 Å². The first-order chi connectivity index (χ1) is 28.2. The molecule has 0 aromatic carbocycles. The highest BCUT2D eigenvalue weighted by molar-refractivity contribution is 5.84. The monoisotopic (exact) mass is 853 g/mol. The van der Waals surface area contributed by atoms with Crippen LogP contribution in [0.3, 0.4) is 0 Å². The summed E-state index contributed by atoms with van der Waals surface area (Å²) in [5.41, 5.74) is -0.528. The largest absolute Gasteiger partial charge is 0.481 e. The molecule has 2 amide bonds. The van der Waals surface area contributed by atoms with Crippen LogP contribution in [-0.2, 0) is 28.7 Å². The van der Waals surface area contributed by atoms with E-state index in [0.29, 0.717) is 37.1 Å². The molecule has 0 heterocycles. The zero-order chi connectivity index (χ0) is 45.6. The fraction of sp³-hybridized carbons (Fsp3) is 0.863. The minimum absolute atomic E-state index is 0.0271. The van der Waals surface area contributed by atoms with Crippen LogP contribution in [0.4, 0.5) is 0 Å². The number of carbonyl (C=O) groups excluding carboxylic acids is 3. The Labute approximate surface area is 368 Å². The van der Waals surface area contributed by atoms with Gasteiger partial charge in [0.25, 0.3) is 0 Å². The van der Waals surface area contributed by atoms with Gasteiger partial charge in [0, 0.05) is 18.4 Å². The highest BCUT2D eigenvalue weighted by atomic mass is 16.5. The van der Waals surface area contributed by atoms with Gasteiger partial charge in [-0.25, -0.2) is 4.79 Å². The SMILES string of the molecule is C=C(C)[C@@H]1CC[C@]2(C(=O)NCCCCCCCC(=O)NC(CC(C)C)C(=O)O)CC[C@]3(C)[C@H](CCC4[C@@]5(C)CC[C@H](OC(=O)CC(C)(C)C(=O)O)C(C)(C)[C@]5(C)CC[C@]43C)[C@@H]12. The third-order valence-corrected chi connectivity index (χ3v) is 19.2. The molecule has 4 N–H and O–H groups in total. The van der Waals surface area contributed by atoms with Crippen molar-refractivity contribution in [3.63, 3.8) is 0 Å². The van der Waals surface area contributed by atoms with Crippen molar-refractivity contribution in [2.24, 2.45) is 67.5 Å². The standard InChI is InChI=1S/C51H84N2O8/c1-32(2)30-36(42(56)57)53-39(54)18-16-14-13-15-17-29-52-43(58)51-24-21-34(33(3)4)41(51)35-19-20-37-48(10,47(35,9)26-28-51)25-27-50(12)46(7,8)38(22-23-49(37,50)11)61-40(55)31-45(5,6)44(59)60/h32,34-38,41H,3,13-31H2,1-2,4-12H3,(H,52,58)(H,53,54)(H,56,57)(H,59,60)/t34-,35+,36?,37?,38-,41+,47+,48+,49+,50-,51-/m0/s1. The van der Waals surface area contributed by atoms with Crippen molar-refractivity contribution in [1.29, 1.82) is 0 Å². The molecule has 0 aromatic heterocycles. The Morgan fingerprint density at radius 1 is 0.787 bits per heavy atom. The van der Waals surface area contributed by atoms with Gasteiger partial charge in [-0.05, 0) is 155 Å². The van der Waals surface area contributed by atoms with Crippen LogP contribution in [0.1, 0.15) is 192 Å². The van der Waals surface area contributed by atoms with Crippen LogP contribution in [0, 0.1) is 67.5 Å². The molecule has 10 heteroatoms. The lowest BCUT2D eigenvalue weighted by Crippen LogP contribution is -2.70. The molecule has 346 valence electrons. The predicted octanol–water partition coefficient (Wildman–Crippen LogP) is 10.5. The topological polar surface area (TPSA) is 159 Å². The number of carboxylic acid groups (broad SMARTS) is 2. The predicted molar refractivity (Wildman–Crippen MR) is 239 cm³/mol. The van der Waals surface area contributed by atoms with Gasteiger partial charge in [-0.2, -0.15) is 0 Å². The summed E-state index contributed by atoms with van der Waals surface area (Å²) in [6.45, 7) is 29.2. The number of unbranched alkanes of at least 4 members (excludes halogenated alkanes) is 4. The third kappa shape index (κ3) is 8.70. The molecular formula is C51H84N2O8. The van der Waals surface area contributed by atoms with E-state index in [1.165, 1.54) is 5.57 Å². The summed E-state index contributed by atoms with van der Waals surface area (Å²) < 4.78 is 6.25. The molecule has 5 aliphatic rings. The number of fused-ring (bicyclic) bond motifs is 7. The fourth-order valence-electron chi connectivity index (χ4n) is 14.8. The smallest absolute Gasteiger partial charge is 0.326 e. The molecule has 2 unspecified atom stereocenters. The molecular weight excluding hydrogens is 769 g/mol. The molecule has 5 rings (SSSR count). The summed E-state index contributed by atoms with van der Waals surface area (Å²) in [7, 11) is 0. The number of carbonyl (C=O) groups is 5. The Kier molecular flexibility index (Phi) is 14.4. The summed E-state index contributed by atoms with van der Waals surface area (Å²) in [5.74, 6) is -0.635. The maximum atomic E-state index is 14.6. The number of rotatable bonds is 18. The van der Waals surface area contributed by atoms with Gasteiger partial charge in [-0.15, -0.1) is 0 Å². The molecule has 0 bridgehead atoms. The Bertz CT molecular complexity index is 1690. The number of allylic oxidation sites excluding steroid dienone is 1. The summed E-state index contributed by atoms with van der Waals surface area (Å²) in [4.78, 5) is 63.6. The number of esters is 1. The normalized spacial score (nSPS) is 37.0. The number of hydrogen-bond acceptors (Lipinski definition) is 6. The van der Waals surface area contributed by atoms with E-state index in [-0.39, 0.29) is 68.7 Å². The number of ether oxygens (including phenoxy) is 1. The third-order valence-electron chi connectivity index (χ3n) is 19.2. The van der Waals surface area contributed by atoms with E-state index in [1.807, 2.05) is 13.8 Å². The van der Waals surface area contributed by atoms with Crippen LogP contribution < -0.4 is 10.6 Å². The molecule has 0 saturated heterocycles. The average Bonchev–Trinajstić information content (AvgIpc) is 3.56. The maximum Gasteiger partial charge on any atom is 0.326 e. The van der Waals surface area contributed by atoms with Crippen molar-refractivity contribution in [2.75, 3.05) is 6.54 Å². The first kappa shape index (κ1) is 49.1. The molecule has 10 nitrogen and oxygen atoms in total. The van der Waals surface area contributed by atoms with E-state index < -0.39 is 29.4 Å². The molecule has 0 aliphatic heterocycles. The Balaban J connectivity index is 1.23. The Morgan fingerprint density at radius 2 is 1.43 bits per heavy atom. The number of amides is 2. The van der Waals surface area contributed by atoms with E-state index in [2.05, 4.69) is 65.7 Å². The number of carboxylic acids is 2. The van der Waals surface area contributed by atoms with Crippen LogP contribution >= 0.6 is 0 Å². The summed E-state index contributed by atoms with van der Waals surface area (Å²) in [5, 5.41) is 25.2. The summed E-state index contributed by atoms with van der Waals surface area (Å²) >= 11 is 0. The summed E-state index contributed by atoms with van der Waals surface area (Å²) in [6, 6.07) is -0.836. The van der Waals surface area contributed by atoms with Crippen LogP contribution in [0.2, 0.25) is 0 Å². The van der Waals surface area contributed by atoms with Gasteiger partial charge in [0.2, 0.25) is 11.8 Å². The lowest BCUT2D eigenvalue weighted by atomic mass is 9.29. The molecule has 61 heavy (non-hydrogen) atoms. The average molecular weight is 853 g/mol. The quantitative estimate of drug-likeness (QED) is 0.0602. The van der Waals surface area contributed by atoms with E-state index in [1.54, 1.807) is 13.8 Å². The minimum atomic E-state index is -1.18. The van der Waals surface area contributed by atoms with Gasteiger partial charge < -0.3 is 25.6 Å². The maximum absolute atomic E-state index is 14.6. The van der Waals surface area contributed by atoms with Crippen molar-refractivity contribution in [2.45, 2.75) is 204 Å². The molecule has 5 aliphatic carbocycles. The second kappa shape index (κ2) is 17.9. The lowest BCUT2D eigenvalue weighted by Gasteiger charge is -2.75. The van der Waals surface area contributed by atoms with E-state index in [0.717, 1.165) is 96.3 Å². The highest BCUT2D eigenvalue weighted by Crippen LogP contribution is 2.80. The van der Waals surface area contributed by atoms with Crippen LogP contribution in [0.25, 0.3) is 0 Å². The van der Waals surface area contributed by atoms with Gasteiger partial charge >= 0.3 is 17.9 Å². The van der Waals surface area contributed by atoms with E-state index >= 15 is 0 Å². The van der Waals surface area contributed by atoms with E-state index in [9.17, 15) is 34.2 Å². The minimum Gasteiger partial charge on any atom is -0.481 e. The highest BCUT2D eigenvalue weighted by Gasteiger charge is 2.74. The molecule has 5 saturated carbocycles. The van der Waals surface area contributed by atoms with Crippen LogP contribution in [0.15, 0.2) is 12.2 Å². The van der Waals surface area contributed by atoms with Crippen molar-refractivity contribution < 1.29 is 38.9 Å². The first-order valence-corrected chi connectivity index (χ1v) is 24.1. The van der Waals surface area contributed by atoms with Crippen molar-refractivity contribution in [3.8, 4) is 0 Å². The van der Waals surface area contributed by atoms with Gasteiger partial charge in [-0.3, -0.25) is 19.2 Å². The molecule has 0 spiro atoms. The first-order valence-electron chi connectivity index (χ1n) is 24.1. The molecule has 0 radical (unpaired) electrons. The van der Waals surface area contributed by atoms with Crippen molar-refractivity contribution >= 4 is 29.7 Å². The molecule has 0 aromatic rings. The Hall–Kier alpha value is -2.91. The van der Waals surface area contributed by atoms with Gasteiger partial charge in [0.15, 0.2) is 0 Å². The number of nitrogens with one attached hydrogen (secondary N) is 2. The molecule has 5 fully saturated rings. The fourth-order valence-corrected chi connectivity index (χ4v) is 14.8. The molecule has 11 atom stereocenters. The van der Waals surface area contributed by atoms with Crippen molar-refractivity contribution in [1.82, 2.24) is 10.6 Å². The van der Waals surface area contributed by atoms with Crippen LogP contribution in [-0.4, -0.2) is 58.6 Å². The zero-order valence-electron chi connectivity index (χ0n) is 40.0. The van der Waals surface area contributed by atoms with Gasteiger partial charge in [-0.1, -0.05) is 86.8 Å². The number of aliphatic carboxylic acids is 2. The number of hydrogen-bond donors (Lipinski definition) is 4. The Morgan fingerprint density at radius 3 is 2.05 bits per heavy atom. The zero-order valence-corrected chi connectivity index (χ0v) is 40.0. The van der Waals surface area contributed by atoms with E-state index in [4.69, 9.17) is 4.74 Å². The summed E-state index contributed by atoms with van der Waals surface area (Å²) in [6.07, 6.45) is 14.8. The van der Waals surface area contributed by atoms with Crippen LogP contribution in [0.5, 0.6) is 0 Å². The second-order valence-corrected chi connectivity index (χ2v) is 23.5.